The van der Waals surface area contributed by atoms with Crippen LogP contribution in [0.15, 0.2) is 18.2 Å². The van der Waals surface area contributed by atoms with Gasteiger partial charge in [0.05, 0.1) is 13.5 Å². The van der Waals surface area contributed by atoms with Gasteiger partial charge in [-0.1, -0.05) is 17.7 Å². The molecule has 0 spiro atoms. The molecule has 0 aliphatic carbocycles. The lowest BCUT2D eigenvalue weighted by Gasteiger charge is -2.02. The van der Waals surface area contributed by atoms with Crippen LogP contribution in [0.5, 0.6) is 0 Å². The minimum Gasteiger partial charge on any atom is -0.469 e. The Morgan fingerprint density at radius 1 is 1.46 bits per heavy atom. The standard InChI is InChI=1S/C10H11ClO2/c1-7-3-8(5-9(11)4-7)6-10(12)13-2/h3-5H,6H2,1-2H3. The fraction of sp³-hybridized carbons (Fsp3) is 0.300. The molecule has 3 heteroatoms. The normalized spacial score (nSPS) is 9.77. The van der Waals surface area contributed by atoms with Gasteiger partial charge in [0.15, 0.2) is 0 Å². The van der Waals surface area contributed by atoms with E-state index in [0.717, 1.165) is 11.1 Å². The van der Waals surface area contributed by atoms with Gasteiger partial charge >= 0.3 is 5.97 Å². The van der Waals surface area contributed by atoms with Crippen molar-refractivity contribution >= 4 is 17.6 Å². The first-order valence-electron chi connectivity index (χ1n) is 3.94. The zero-order valence-corrected chi connectivity index (χ0v) is 8.39. The smallest absolute Gasteiger partial charge is 0.309 e. The lowest BCUT2D eigenvalue weighted by molar-refractivity contribution is -0.139. The number of halogens is 1. The van der Waals surface area contributed by atoms with Crippen LogP contribution < -0.4 is 0 Å². The van der Waals surface area contributed by atoms with Crippen LogP contribution in [0.1, 0.15) is 11.1 Å². The van der Waals surface area contributed by atoms with Gasteiger partial charge in [0.25, 0.3) is 0 Å². The predicted molar refractivity (Wildman–Crippen MR) is 51.9 cm³/mol. The van der Waals surface area contributed by atoms with Crippen molar-refractivity contribution in [2.75, 3.05) is 7.11 Å². The minimum atomic E-state index is -0.248. The fourth-order valence-corrected chi connectivity index (χ4v) is 1.47. The summed E-state index contributed by atoms with van der Waals surface area (Å²) < 4.78 is 4.55. The lowest BCUT2D eigenvalue weighted by atomic mass is 10.1. The van der Waals surface area contributed by atoms with Crippen molar-refractivity contribution in [1.29, 1.82) is 0 Å². The van der Waals surface area contributed by atoms with Crippen LogP contribution >= 0.6 is 11.6 Å². The molecule has 0 aliphatic rings. The molecule has 1 aromatic carbocycles. The number of ether oxygens (including phenoxy) is 1. The molecular formula is C10H11ClO2. The first-order valence-corrected chi connectivity index (χ1v) is 4.32. The monoisotopic (exact) mass is 198 g/mol. The maximum atomic E-state index is 10.9. The van der Waals surface area contributed by atoms with Crippen LogP contribution in [-0.4, -0.2) is 13.1 Å². The number of aryl methyl sites for hydroxylation is 1. The number of rotatable bonds is 2. The third-order valence-electron chi connectivity index (χ3n) is 1.68. The highest BCUT2D eigenvalue weighted by Gasteiger charge is 2.03. The first-order chi connectivity index (χ1) is 6.11. The van der Waals surface area contributed by atoms with Crippen molar-refractivity contribution in [3.05, 3.63) is 34.3 Å². The summed E-state index contributed by atoms with van der Waals surface area (Å²) in [4.78, 5) is 10.9. The van der Waals surface area contributed by atoms with Gasteiger partial charge < -0.3 is 4.74 Å². The van der Waals surface area contributed by atoms with E-state index in [4.69, 9.17) is 11.6 Å². The number of carbonyl (C=O) groups is 1. The third-order valence-corrected chi connectivity index (χ3v) is 1.90. The van der Waals surface area contributed by atoms with Gasteiger partial charge in [0.2, 0.25) is 0 Å². The quantitative estimate of drug-likeness (QED) is 0.682. The van der Waals surface area contributed by atoms with Crippen molar-refractivity contribution in [1.82, 2.24) is 0 Å². The molecule has 0 aromatic heterocycles. The Bertz CT molecular complexity index is 300. The molecule has 0 saturated carbocycles. The Hall–Kier alpha value is -1.02. The second kappa shape index (κ2) is 4.28. The van der Waals surface area contributed by atoms with E-state index in [9.17, 15) is 4.79 Å². The SMILES string of the molecule is COC(=O)Cc1cc(C)cc(Cl)c1. The van der Waals surface area contributed by atoms with Crippen LogP contribution in [0.3, 0.4) is 0 Å². The van der Waals surface area contributed by atoms with Gasteiger partial charge in [-0.05, 0) is 30.2 Å². The number of methoxy groups -OCH3 is 1. The van der Waals surface area contributed by atoms with Crippen LogP contribution in [0.25, 0.3) is 0 Å². The van der Waals surface area contributed by atoms with Crippen molar-refractivity contribution in [3.63, 3.8) is 0 Å². The maximum Gasteiger partial charge on any atom is 0.309 e. The second-order valence-corrected chi connectivity index (χ2v) is 3.33. The molecule has 70 valence electrons. The summed E-state index contributed by atoms with van der Waals surface area (Å²) in [5.74, 6) is -0.248. The molecule has 0 N–H and O–H groups in total. The van der Waals surface area contributed by atoms with Crippen molar-refractivity contribution in [2.24, 2.45) is 0 Å². The highest BCUT2D eigenvalue weighted by Crippen LogP contribution is 2.15. The Labute approximate surface area is 82.5 Å². The number of hydrogen-bond acceptors (Lipinski definition) is 2. The van der Waals surface area contributed by atoms with Gasteiger partial charge in [0, 0.05) is 5.02 Å². The van der Waals surface area contributed by atoms with E-state index < -0.39 is 0 Å². The van der Waals surface area contributed by atoms with E-state index >= 15 is 0 Å². The van der Waals surface area contributed by atoms with E-state index in [0.29, 0.717) is 5.02 Å². The van der Waals surface area contributed by atoms with Gasteiger partial charge in [-0.25, -0.2) is 0 Å². The molecule has 0 fully saturated rings. The second-order valence-electron chi connectivity index (χ2n) is 2.89. The average molecular weight is 199 g/mol. The topological polar surface area (TPSA) is 26.3 Å². The molecule has 0 atom stereocenters. The minimum absolute atomic E-state index is 0.248. The number of benzene rings is 1. The average Bonchev–Trinajstić information content (AvgIpc) is 2.02. The summed E-state index contributed by atoms with van der Waals surface area (Å²) in [5, 5.41) is 0.652. The molecular weight excluding hydrogens is 188 g/mol. The molecule has 0 bridgehead atoms. The summed E-state index contributed by atoms with van der Waals surface area (Å²) in [7, 11) is 1.37. The van der Waals surface area contributed by atoms with Gasteiger partial charge in [-0.3, -0.25) is 4.79 Å². The summed E-state index contributed by atoms with van der Waals surface area (Å²) in [6, 6.07) is 5.54. The lowest BCUT2D eigenvalue weighted by Crippen LogP contribution is -2.04. The Morgan fingerprint density at radius 3 is 2.69 bits per heavy atom. The van der Waals surface area contributed by atoms with E-state index in [-0.39, 0.29) is 12.4 Å². The maximum absolute atomic E-state index is 10.9. The zero-order chi connectivity index (χ0) is 9.84. The molecule has 1 aromatic rings. The van der Waals surface area contributed by atoms with Gasteiger partial charge in [-0.2, -0.15) is 0 Å². The predicted octanol–water partition coefficient (Wildman–Crippen LogP) is 2.36. The zero-order valence-electron chi connectivity index (χ0n) is 7.63. The summed E-state index contributed by atoms with van der Waals surface area (Å²) in [5.41, 5.74) is 1.93. The molecule has 2 nitrogen and oxygen atoms in total. The number of esters is 1. The van der Waals surface area contributed by atoms with Crippen LogP contribution in [0.2, 0.25) is 5.02 Å². The van der Waals surface area contributed by atoms with Crippen LogP contribution in [0.4, 0.5) is 0 Å². The molecule has 1 rings (SSSR count). The van der Waals surface area contributed by atoms with Gasteiger partial charge in [0.1, 0.15) is 0 Å². The third kappa shape index (κ3) is 3.07. The van der Waals surface area contributed by atoms with Crippen LogP contribution in [-0.2, 0) is 16.0 Å². The number of hydrogen-bond donors (Lipinski definition) is 0. The molecule has 0 heterocycles. The summed E-state index contributed by atoms with van der Waals surface area (Å²) >= 11 is 5.82. The first kappa shape index (κ1) is 10.1. The van der Waals surface area contributed by atoms with Crippen molar-refractivity contribution < 1.29 is 9.53 Å². The van der Waals surface area contributed by atoms with Crippen LogP contribution in [0, 0.1) is 6.92 Å². The van der Waals surface area contributed by atoms with E-state index in [2.05, 4.69) is 4.74 Å². The Balaban J connectivity index is 2.83. The molecule has 0 unspecified atom stereocenters. The van der Waals surface area contributed by atoms with E-state index in [1.54, 1.807) is 6.07 Å². The molecule has 13 heavy (non-hydrogen) atoms. The molecule has 0 radical (unpaired) electrons. The highest BCUT2D eigenvalue weighted by atomic mass is 35.5. The summed E-state index contributed by atoms with van der Waals surface area (Å²) in [6.45, 7) is 1.94. The fourth-order valence-electron chi connectivity index (χ4n) is 1.15. The number of carbonyl (C=O) groups excluding carboxylic acids is 1. The molecule has 0 saturated heterocycles. The molecule has 0 amide bonds. The van der Waals surface area contributed by atoms with Gasteiger partial charge in [-0.15, -0.1) is 0 Å². The van der Waals surface area contributed by atoms with Crippen molar-refractivity contribution in [2.45, 2.75) is 13.3 Å². The Morgan fingerprint density at radius 2 is 2.15 bits per heavy atom. The van der Waals surface area contributed by atoms with E-state index in [1.807, 2.05) is 19.1 Å². The Kier molecular flexibility index (Phi) is 3.32. The van der Waals surface area contributed by atoms with Crippen molar-refractivity contribution in [3.8, 4) is 0 Å². The molecule has 0 aliphatic heterocycles. The van der Waals surface area contributed by atoms with E-state index in [1.165, 1.54) is 7.11 Å². The summed E-state index contributed by atoms with van der Waals surface area (Å²) in [6.07, 6.45) is 0.276. The highest BCUT2D eigenvalue weighted by molar-refractivity contribution is 6.30. The largest absolute Gasteiger partial charge is 0.469 e.